The molecule has 2 aliphatic rings. The summed E-state index contributed by atoms with van der Waals surface area (Å²) in [5.74, 6) is 0. The third-order valence-electron chi connectivity index (χ3n) is 4.80. The minimum absolute atomic E-state index is 0.152. The van der Waals surface area contributed by atoms with E-state index < -0.39 is 37.0 Å². The Bertz CT molecular complexity index is 819. The standard InChI is InChI=1S/C20H20FN3O4/c21-16-17(23-24-22)20(25-11-13-7-3-1-4-8-13)27-15-12-26-19(28-18(15)16)14-9-5-2-6-10-14/h1-10,15-20H,11-12H2/t15-,16+,17+,18+,19+,20-/m0/s1. The van der Waals surface area contributed by atoms with Crippen LogP contribution in [0, 0.1) is 0 Å². The lowest BCUT2D eigenvalue weighted by Gasteiger charge is -2.45. The molecular formula is C20H20FN3O4. The summed E-state index contributed by atoms with van der Waals surface area (Å²) in [5, 5.41) is 3.58. The molecule has 0 saturated carbocycles. The summed E-state index contributed by atoms with van der Waals surface area (Å²) < 4.78 is 38.3. The molecule has 0 radical (unpaired) electrons. The van der Waals surface area contributed by atoms with Crippen molar-refractivity contribution in [3.05, 3.63) is 82.2 Å². The van der Waals surface area contributed by atoms with Crippen molar-refractivity contribution in [3.63, 3.8) is 0 Å². The molecule has 0 bridgehead atoms. The summed E-state index contributed by atoms with van der Waals surface area (Å²) in [6.07, 6.45) is -4.86. The van der Waals surface area contributed by atoms with Crippen molar-refractivity contribution in [3.8, 4) is 0 Å². The molecule has 6 atom stereocenters. The Hall–Kier alpha value is -2.48. The first-order chi connectivity index (χ1) is 13.8. The van der Waals surface area contributed by atoms with Crippen LogP contribution in [0.5, 0.6) is 0 Å². The molecule has 28 heavy (non-hydrogen) atoms. The molecule has 0 spiro atoms. The second-order valence-corrected chi connectivity index (χ2v) is 6.66. The number of alkyl halides is 1. The van der Waals surface area contributed by atoms with E-state index in [9.17, 15) is 0 Å². The van der Waals surface area contributed by atoms with Gasteiger partial charge in [0.1, 0.15) is 24.4 Å². The Kier molecular flexibility index (Phi) is 5.85. The Labute approximate surface area is 161 Å². The van der Waals surface area contributed by atoms with Crippen molar-refractivity contribution in [2.24, 2.45) is 5.11 Å². The Morgan fingerprint density at radius 3 is 2.50 bits per heavy atom. The maximum atomic E-state index is 15.2. The SMILES string of the molecule is [N-]=[N+]=N[C@H]1[C@@H](OCc2ccccc2)O[C@H]2CO[C@@H](c3ccccc3)O[C@H]2[C@@H]1F. The average Bonchev–Trinajstić information content (AvgIpc) is 2.76. The van der Waals surface area contributed by atoms with Gasteiger partial charge >= 0.3 is 0 Å². The van der Waals surface area contributed by atoms with E-state index in [2.05, 4.69) is 10.0 Å². The summed E-state index contributed by atoms with van der Waals surface area (Å²) in [4.78, 5) is 2.77. The fourth-order valence-electron chi connectivity index (χ4n) is 3.39. The number of azide groups is 1. The molecule has 0 amide bonds. The normalized spacial score (nSPS) is 32.2. The lowest BCUT2D eigenvalue weighted by atomic mass is 9.97. The van der Waals surface area contributed by atoms with Crippen LogP contribution in [0.4, 0.5) is 4.39 Å². The zero-order valence-corrected chi connectivity index (χ0v) is 15.0. The van der Waals surface area contributed by atoms with Gasteiger partial charge in [-0.05, 0) is 11.1 Å². The van der Waals surface area contributed by atoms with Crippen LogP contribution in [0.2, 0.25) is 0 Å². The first-order valence-electron chi connectivity index (χ1n) is 9.07. The van der Waals surface area contributed by atoms with E-state index in [-0.39, 0.29) is 13.2 Å². The minimum Gasteiger partial charge on any atom is -0.347 e. The monoisotopic (exact) mass is 385 g/mol. The lowest BCUT2D eigenvalue weighted by molar-refractivity contribution is -0.336. The van der Waals surface area contributed by atoms with Crippen LogP contribution in [0.3, 0.4) is 0 Å². The van der Waals surface area contributed by atoms with Crippen molar-refractivity contribution in [1.82, 2.24) is 0 Å². The van der Waals surface area contributed by atoms with E-state index in [1.807, 2.05) is 60.7 Å². The van der Waals surface area contributed by atoms with E-state index >= 15 is 4.39 Å². The molecule has 0 unspecified atom stereocenters. The van der Waals surface area contributed by atoms with Crippen molar-refractivity contribution < 1.29 is 23.3 Å². The van der Waals surface area contributed by atoms with Crippen LogP contribution < -0.4 is 0 Å². The highest BCUT2D eigenvalue weighted by Crippen LogP contribution is 2.36. The summed E-state index contributed by atoms with van der Waals surface area (Å²) in [5.41, 5.74) is 10.6. The van der Waals surface area contributed by atoms with E-state index in [1.54, 1.807) is 0 Å². The third-order valence-corrected chi connectivity index (χ3v) is 4.80. The van der Waals surface area contributed by atoms with Gasteiger partial charge in [0.25, 0.3) is 0 Å². The molecule has 2 saturated heterocycles. The number of halogens is 1. The quantitative estimate of drug-likeness (QED) is 0.441. The number of benzene rings is 2. The van der Waals surface area contributed by atoms with E-state index in [1.165, 1.54) is 0 Å². The molecule has 8 heteroatoms. The Balaban J connectivity index is 1.47. The molecule has 0 N–H and O–H groups in total. The zero-order chi connectivity index (χ0) is 19.3. The lowest BCUT2D eigenvalue weighted by Crippen LogP contribution is -2.60. The Morgan fingerprint density at radius 1 is 1.07 bits per heavy atom. The van der Waals surface area contributed by atoms with Crippen LogP contribution >= 0.6 is 0 Å². The molecule has 0 aromatic heterocycles. The fourth-order valence-corrected chi connectivity index (χ4v) is 3.39. The fraction of sp³-hybridized carbons (Fsp3) is 0.400. The molecule has 7 nitrogen and oxygen atoms in total. The number of fused-ring (bicyclic) bond motifs is 1. The van der Waals surface area contributed by atoms with Crippen LogP contribution in [0.25, 0.3) is 10.4 Å². The summed E-state index contributed by atoms with van der Waals surface area (Å²) in [7, 11) is 0. The maximum Gasteiger partial charge on any atom is 0.184 e. The smallest absolute Gasteiger partial charge is 0.184 e. The molecule has 4 rings (SSSR count). The molecular weight excluding hydrogens is 365 g/mol. The highest BCUT2D eigenvalue weighted by atomic mass is 19.1. The molecule has 0 aliphatic carbocycles. The largest absolute Gasteiger partial charge is 0.347 e. The van der Waals surface area contributed by atoms with E-state index in [0.717, 1.165) is 11.1 Å². The van der Waals surface area contributed by atoms with Gasteiger partial charge in [0.2, 0.25) is 0 Å². The van der Waals surface area contributed by atoms with Gasteiger partial charge in [-0.3, -0.25) is 0 Å². The van der Waals surface area contributed by atoms with Gasteiger partial charge in [0.05, 0.1) is 13.2 Å². The molecule has 2 aliphatic heterocycles. The van der Waals surface area contributed by atoms with Crippen LogP contribution in [-0.2, 0) is 25.6 Å². The molecule has 2 aromatic rings. The number of ether oxygens (including phenoxy) is 4. The number of hydrogen-bond donors (Lipinski definition) is 0. The predicted octanol–water partition coefficient (Wildman–Crippen LogP) is 4.06. The van der Waals surface area contributed by atoms with Crippen molar-refractivity contribution in [1.29, 1.82) is 0 Å². The summed E-state index contributed by atoms with van der Waals surface area (Å²) in [6.45, 7) is 0.361. The van der Waals surface area contributed by atoms with Crippen molar-refractivity contribution in [2.75, 3.05) is 6.61 Å². The van der Waals surface area contributed by atoms with Crippen molar-refractivity contribution in [2.45, 2.75) is 43.6 Å². The second-order valence-electron chi connectivity index (χ2n) is 6.66. The zero-order valence-electron chi connectivity index (χ0n) is 15.0. The van der Waals surface area contributed by atoms with Gasteiger partial charge in [0, 0.05) is 10.5 Å². The molecule has 2 heterocycles. The third kappa shape index (κ3) is 4.01. The highest BCUT2D eigenvalue weighted by molar-refractivity contribution is 5.17. The first kappa shape index (κ1) is 18.9. The second kappa shape index (κ2) is 8.68. The predicted molar refractivity (Wildman–Crippen MR) is 97.7 cm³/mol. The highest BCUT2D eigenvalue weighted by Gasteiger charge is 2.50. The van der Waals surface area contributed by atoms with Crippen LogP contribution in [-0.4, -0.2) is 37.3 Å². The number of rotatable bonds is 5. The topological polar surface area (TPSA) is 85.7 Å². The van der Waals surface area contributed by atoms with Gasteiger partial charge in [0.15, 0.2) is 12.6 Å². The van der Waals surface area contributed by atoms with E-state index in [4.69, 9.17) is 24.5 Å². The number of nitrogens with zero attached hydrogens (tertiary/aromatic N) is 3. The van der Waals surface area contributed by atoms with Gasteiger partial charge in [-0.25, -0.2) is 4.39 Å². The van der Waals surface area contributed by atoms with Crippen molar-refractivity contribution >= 4 is 0 Å². The first-order valence-corrected chi connectivity index (χ1v) is 9.07. The Morgan fingerprint density at radius 2 is 1.79 bits per heavy atom. The van der Waals surface area contributed by atoms with Gasteiger partial charge in [-0.15, -0.1) is 0 Å². The van der Waals surface area contributed by atoms with Gasteiger partial charge < -0.3 is 18.9 Å². The molecule has 2 fully saturated rings. The number of hydrogen-bond acceptors (Lipinski definition) is 5. The minimum atomic E-state index is -1.58. The summed E-state index contributed by atoms with van der Waals surface area (Å²) in [6, 6.07) is 17.6. The van der Waals surface area contributed by atoms with Crippen LogP contribution in [0.15, 0.2) is 65.8 Å². The van der Waals surface area contributed by atoms with E-state index in [0.29, 0.717) is 0 Å². The van der Waals surface area contributed by atoms with Crippen LogP contribution in [0.1, 0.15) is 17.4 Å². The molecule has 2 aromatic carbocycles. The van der Waals surface area contributed by atoms with Gasteiger partial charge in [-0.2, -0.15) is 0 Å². The summed E-state index contributed by atoms with van der Waals surface area (Å²) >= 11 is 0. The van der Waals surface area contributed by atoms with Gasteiger partial charge in [-0.1, -0.05) is 65.8 Å². The average molecular weight is 385 g/mol. The maximum absolute atomic E-state index is 15.2. The molecule has 146 valence electrons.